The zero-order valence-corrected chi connectivity index (χ0v) is 16.1. The number of pyridine rings is 1. The number of ether oxygens (including phenoxy) is 1. The van der Waals surface area contributed by atoms with E-state index in [1.807, 2.05) is 23.6 Å². The van der Waals surface area contributed by atoms with Crippen LogP contribution < -0.4 is 5.32 Å². The summed E-state index contributed by atoms with van der Waals surface area (Å²) >= 11 is 2.77. The van der Waals surface area contributed by atoms with E-state index in [2.05, 4.69) is 20.3 Å². The summed E-state index contributed by atoms with van der Waals surface area (Å²) in [5.74, 6) is -0.827. The normalized spacial score (nSPS) is 10.9. The van der Waals surface area contributed by atoms with Crippen molar-refractivity contribution in [2.75, 3.05) is 17.7 Å². The van der Waals surface area contributed by atoms with E-state index in [1.165, 1.54) is 29.4 Å². The van der Waals surface area contributed by atoms with Gasteiger partial charge in [0, 0.05) is 17.0 Å². The molecule has 140 valence electrons. The number of carbonyl (C=O) groups excluding carboxylic acids is 2. The summed E-state index contributed by atoms with van der Waals surface area (Å²) in [6.45, 7) is -0.353. The fourth-order valence-electron chi connectivity index (χ4n) is 2.60. The number of aromatic nitrogens is 3. The van der Waals surface area contributed by atoms with Gasteiger partial charge in [-0.15, -0.1) is 11.3 Å². The Kier molecular flexibility index (Phi) is 5.45. The van der Waals surface area contributed by atoms with Gasteiger partial charge in [0.25, 0.3) is 5.91 Å². The van der Waals surface area contributed by atoms with Gasteiger partial charge in [0.2, 0.25) is 0 Å². The van der Waals surface area contributed by atoms with Gasteiger partial charge in [0.15, 0.2) is 6.61 Å². The van der Waals surface area contributed by atoms with E-state index in [4.69, 9.17) is 4.74 Å². The van der Waals surface area contributed by atoms with E-state index in [9.17, 15) is 9.59 Å². The molecule has 0 aliphatic carbocycles. The first-order valence-electron chi connectivity index (χ1n) is 8.31. The summed E-state index contributed by atoms with van der Waals surface area (Å²) in [5.41, 5.74) is 1.40. The summed E-state index contributed by atoms with van der Waals surface area (Å²) < 4.78 is 5.08. The molecule has 28 heavy (non-hydrogen) atoms. The molecule has 1 aromatic carbocycles. The molecule has 3 aromatic heterocycles. The third-order valence-corrected chi connectivity index (χ3v) is 5.64. The Morgan fingerprint density at radius 3 is 2.93 bits per heavy atom. The molecule has 3 heterocycles. The van der Waals surface area contributed by atoms with Gasteiger partial charge in [-0.1, -0.05) is 17.8 Å². The predicted octanol–water partition coefficient (Wildman–Crippen LogP) is 3.51. The maximum absolute atomic E-state index is 12.1. The lowest BCUT2D eigenvalue weighted by molar-refractivity contribution is -0.144. The summed E-state index contributed by atoms with van der Waals surface area (Å²) in [5, 5.41) is 7.13. The van der Waals surface area contributed by atoms with Crippen LogP contribution in [0.2, 0.25) is 0 Å². The van der Waals surface area contributed by atoms with Gasteiger partial charge >= 0.3 is 5.97 Å². The van der Waals surface area contributed by atoms with Gasteiger partial charge in [-0.3, -0.25) is 14.6 Å². The molecule has 0 radical (unpaired) electrons. The highest BCUT2D eigenvalue weighted by atomic mass is 32.2. The number of rotatable bonds is 6. The number of esters is 1. The minimum Gasteiger partial charge on any atom is -0.455 e. The fraction of sp³-hybridized carbons (Fsp3) is 0.105. The van der Waals surface area contributed by atoms with E-state index < -0.39 is 11.9 Å². The van der Waals surface area contributed by atoms with E-state index >= 15 is 0 Å². The highest BCUT2D eigenvalue weighted by Crippen LogP contribution is 2.27. The van der Waals surface area contributed by atoms with Gasteiger partial charge in [-0.05, 0) is 35.7 Å². The first-order valence-corrected chi connectivity index (χ1v) is 10.2. The standard InChI is InChI=1S/C19H14N4O3S2/c24-16(23-15-5-1-4-14-12(15)3-2-7-20-14)9-26-17(25)10-28-19-13-6-8-27-18(13)21-11-22-19/h1-8,11H,9-10H2,(H,23,24). The second kappa shape index (κ2) is 8.32. The number of thioether (sulfide) groups is 1. The highest BCUT2D eigenvalue weighted by molar-refractivity contribution is 8.00. The smallest absolute Gasteiger partial charge is 0.316 e. The number of benzene rings is 1. The molecule has 0 bridgehead atoms. The molecule has 0 saturated carbocycles. The van der Waals surface area contributed by atoms with Crippen LogP contribution in [0.5, 0.6) is 0 Å². The van der Waals surface area contributed by atoms with Crippen molar-refractivity contribution in [3.63, 3.8) is 0 Å². The number of nitrogens with zero attached hydrogens (tertiary/aromatic N) is 3. The van der Waals surface area contributed by atoms with Crippen LogP contribution in [-0.2, 0) is 14.3 Å². The first-order chi connectivity index (χ1) is 13.7. The van der Waals surface area contributed by atoms with E-state index in [1.54, 1.807) is 24.4 Å². The quantitative estimate of drug-likeness (QED) is 0.295. The van der Waals surface area contributed by atoms with Crippen LogP contribution in [0.25, 0.3) is 21.1 Å². The lowest BCUT2D eigenvalue weighted by Gasteiger charge is -2.09. The number of thiophene rings is 1. The van der Waals surface area contributed by atoms with Crippen molar-refractivity contribution < 1.29 is 14.3 Å². The molecule has 0 saturated heterocycles. The number of fused-ring (bicyclic) bond motifs is 2. The number of hydrogen-bond acceptors (Lipinski definition) is 8. The van der Waals surface area contributed by atoms with Crippen LogP contribution >= 0.6 is 23.1 Å². The Bertz CT molecular complexity index is 1160. The Hall–Kier alpha value is -3.04. The summed E-state index contributed by atoms with van der Waals surface area (Å²) in [4.78, 5) is 37.6. The molecule has 4 rings (SSSR count). The molecule has 0 aliphatic heterocycles. The van der Waals surface area contributed by atoms with E-state index in [-0.39, 0.29) is 12.4 Å². The molecule has 0 atom stereocenters. The fourth-order valence-corrected chi connectivity index (χ4v) is 4.17. The molecule has 1 amide bonds. The maximum Gasteiger partial charge on any atom is 0.316 e. The van der Waals surface area contributed by atoms with Crippen molar-refractivity contribution in [3.8, 4) is 0 Å². The Balaban J connectivity index is 1.31. The first kappa shape index (κ1) is 18.3. The van der Waals surface area contributed by atoms with Crippen molar-refractivity contribution in [1.82, 2.24) is 15.0 Å². The molecule has 1 N–H and O–H groups in total. The van der Waals surface area contributed by atoms with Crippen molar-refractivity contribution in [2.24, 2.45) is 0 Å². The number of hydrogen-bond donors (Lipinski definition) is 1. The topological polar surface area (TPSA) is 94.1 Å². The number of carbonyl (C=O) groups is 2. The van der Waals surface area contributed by atoms with Gasteiger partial charge < -0.3 is 10.1 Å². The zero-order valence-electron chi connectivity index (χ0n) is 14.5. The van der Waals surface area contributed by atoms with Crippen LogP contribution in [0, 0.1) is 0 Å². The predicted molar refractivity (Wildman–Crippen MR) is 109 cm³/mol. The monoisotopic (exact) mass is 410 g/mol. The summed E-state index contributed by atoms with van der Waals surface area (Å²) in [7, 11) is 0. The summed E-state index contributed by atoms with van der Waals surface area (Å²) in [6, 6.07) is 11.0. The molecular formula is C19H14N4O3S2. The van der Waals surface area contributed by atoms with E-state index in [0.717, 1.165) is 26.1 Å². The molecule has 9 heteroatoms. The third kappa shape index (κ3) is 4.10. The molecule has 4 aromatic rings. The molecule has 7 nitrogen and oxygen atoms in total. The molecule has 0 aliphatic rings. The molecular weight excluding hydrogens is 396 g/mol. The van der Waals surface area contributed by atoms with Crippen molar-refractivity contribution in [1.29, 1.82) is 0 Å². The van der Waals surface area contributed by atoms with Gasteiger partial charge in [0.05, 0.1) is 17.0 Å². The van der Waals surface area contributed by atoms with E-state index in [0.29, 0.717) is 5.69 Å². The Labute approximate surface area is 168 Å². The lowest BCUT2D eigenvalue weighted by Crippen LogP contribution is -2.21. The van der Waals surface area contributed by atoms with Gasteiger partial charge in [-0.2, -0.15) is 0 Å². The average Bonchev–Trinajstić information content (AvgIpc) is 3.20. The second-order valence-corrected chi connectivity index (χ2v) is 7.55. The van der Waals surface area contributed by atoms with Crippen molar-refractivity contribution >= 4 is 61.8 Å². The SMILES string of the molecule is O=C(COC(=O)CSc1ncnc2sccc12)Nc1cccc2ncccc12. The van der Waals surface area contributed by atoms with Gasteiger partial charge in [0.1, 0.15) is 16.2 Å². The lowest BCUT2D eigenvalue weighted by atomic mass is 10.2. The van der Waals surface area contributed by atoms with Crippen molar-refractivity contribution in [2.45, 2.75) is 5.03 Å². The van der Waals surface area contributed by atoms with Gasteiger partial charge in [-0.25, -0.2) is 9.97 Å². The molecule has 0 spiro atoms. The van der Waals surface area contributed by atoms with Crippen molar-refractivity contribution in [3.05, 3.63) is 54.3 Å². The van der Waals surface area contributed by atoms with Crippen LogP contribution in [-0.4, -0.2) is 39.2 Å². The molecule has 0 unspecified atom stereocenters. The van der Waals surface area contributed by atoms with Crippen LogP contribution in [0.15, 0.2) is 59.3 Å². The van der Waals surface area contributed by atoms with Crippen LogP contribution in [0.1, 0.15) is 0 Å². The average molecular weight is 410 g/mol. The maximum atomic E-state index is 12.1. The zero-order chi connectivity index (χ0) is 19.3. The number of nitrogens with one attached hydrogen (secondary N) is 1. The Morgan fingerprint density at radius 1 is 1.07 bits per heavy atom. The minimum atomic E-state index is -0.485. The molecule has 0 fully saturated rings. The second-order valence-electron chi connectivity index (χ2n) is 5.69. The third-order valence-electron chi connectivity index (χ3n) is 3.84. The van der Waals surface area contributed by atoms with Crippen LogP contribution in [0.3, 0.4) is 0 Å². The number of amides is 1. The number of anilines is 1. The minimum absolute atomic E-state index is 0.0629. The van der Waals surface area contributed by atoms with Crippen LogP contribution in [0.4, 0.5) is 5.69 Å². The summed E-state index contributed by atoms with van der Waals surface area (Å²) in [6.07, 6.45) is 3.16. The highest BCUT2D eigenvalue weighted by Gasteiger charge is 2.12. The largest absolute Gasteiger partial charge is 0.455 e. The Morgan fingerprint density at radius 2 is 2.00 bits per heavy atom.